The number of ketones is 1. The predicted octanol–water partition coefficient (Wildman–Crippen LogP) is 3.99. The van der Waals surface area contributed by atoms with E-state index in [1.54, 1.807) is 0 Å². The van der Waals surface area contributed by atoms with E-state index in [4.69, 9.17) is 14.2 Å². The average Bonchev–Trinajstić information content (AvgIpc) is 3.64. The van der Waals surface area contributed by atoms with Crippen molar-refractivity contribution in [2.24, 2.45) is 11.8 Å². The monoisotopic (exact) mass is 730 g/mol. The molecule has 0 saturated carbocycles. The first-order valence-electron chi connectivity index (χ1n) is 17.9. The number of hydrogen-bond donors (Lipinski definition) is 1. The molecule has 2 saturated heterocycles. The van der Waals surface area contributed by atoms with Gasteiger partial charge in [-0.15, -0.1) is 0 Å². The number of carbonyl (C=O) groups excluding carboxylic acids is 2. The zero-order chi connectivity index (χ0) is 36.0. The lowest BCUT2D eigenvalue weighted by Gasteiger charge is -2.56. The molecule has 0 radical (unpaired) electrons. The lowest BCUT2D eigenvalue weighted by atomic mass is 9.53. The van der Waals surface area contributed by atoms with E-state index in [9.17, 15) is 23.8 Å². The maximum Gasteiger partial charge on any atom is 0.303 e. The van der Waals surface area contributed by atoms with Crippen LogP contribution >= 0.6 is 16.9 Å². The van der Waals surface area contributed by atoms with Crippen LogP contribution in [0.15, 0.2) is 48.6 Å². The van der Waals surface area contributed by atoms with E-state index in [1.165, 1.54) is 43.0 Å². The van der Waals surface area contributed by atoms with E-state index in [2.05, 4.69) is 48.2 Å². The van der Waals surface area contributed by atoms with Crippen molar-refractivity contribution >= 4 is 39.3 Å². The first-order valence-corrected chi connectivity index (χ1v) is 19.5. The molecule has 4 heterocycles. The summed E-state index contributed by atoms with van der Waals surface area (Å²) in [7, 11) is 4.34. The zero-order valence-corrected chi connectivity index (χ0v) is 31.4. The number of rotatable bonds is 3. The highest BCUT2D eigenvalue weighted by atomic mass is 31.1. The number of likely N-dealkylation sites (N-methyl/N-ethyl adjacent to an activating group) is 2. The van der Waals surface area contributed by atoms with Gasteiger partial charge in [0.2, 0.25) is 0 Å². The van der Waals surface area contributed by atoms with Gasteiger partial charge in [0.1, 0.15) is 35.6 Å². The number of Topliss-reactive ketones (excluding diaryl/α,β-unsaturated/α-hetero) is 1. The number of carbonyl (C=O) groups is 2. The molecular weight excluding hydrogens is 686 g/mol. The first-order chi connectivity index (χ1) is 24.5. The molecule has 2 aromatic rings. The third-order valence-corrected chi connectivity index (χ3v) is 13.9. The summed E-state index contributed by atoms with van der Waals surface area (Å²) in [6.07, 6.45) is 10.8. The second kappa shape index (κ2) is 12.7. The van der Waals surface area contributed by atoms with Crippen LogP contribution in [0.3, 0.4) is 0 Å². The van der Waals surface area contributed by atoms with E-state index in [0.717, 1.165) is 50.3 Å². The molecule has 4 aliphatic heterocycles. The zero-order valence-electron chi connectivity index (χ0n) is 29.6. The third-order valence-electron chi connectivity index (χ3n) is 12.8. The quantitative estimate of drug-likeness (QED) is 0.282. The molecule has 2 fully saturated rings. The largest absolute Gasteiger partial charge is 0.485 e. The Morgan fingerprint density at radius 2 is 1.24 bits per heavy atom. The van der Waals surface area contributed by atoms with Crippen LogP contribution in [0.4, 0.5) is 0 Å². The lowest BCUT2D eigenvalue weighted by molar-refractivity contribution is -0.152. The summed E-state index contributed by atoms with van der Waals surface area (Å²) in [5, 5.41) is 11.9. The lowest BCUT2D eigenvalue weighted by Crippen LogP contribution is -2.65. The maximum atomic E-state index is 11.7. The smallest absolute Gasteiger partial charge is 0.303 e. The average molecular weight is 731 g/mol. The van der Waals surface area contributed by atoms with E-state index >= 15 is 0 Å². The molecule has 10 rings (SSSR count). The normalized spacial score (nSPS) is 36.7. The Labute approximate surface area is 301 Å². The van der Waals surface area contributed by atoms with Gasteiger partial charge in [0, 0.05) is 52.8 Å². The SMILES string of the molecule is CC(=O)O[C@H]1C=C[C@H]2[C@H]3Cc4ccc(P=O)c5c4[C@@]2(CCN3C)C1O5.CC(C)=O.CN1CC[C@]23c4c5ccc(P=O)c4OC2[C@@H](O)C=C[C@H]3[C@H]1C5. The number of aliphatic hydroxyl groups excluding tert-OH is 1. The number of likely N-dealkylation sites (tertiary alicyclic amines) is 2. The van der Waals surface area contributed by atoms with Crippen molar-refractivity contribution in [1.82, 2.24) is 9.80 Å². The van der Waals surface area contributed by atoms with Crippen molar-refractivity contribution < 1.29 is 38.0 Å². The number of hydrogen-bond acceptors (Lipinski definition) is 10. The molecule has 51 heavy (non-hydrogen) atoms. The van der Waals surface area contributed by atoms with Gasteiger partial charge in [-0.3, -0.25) is 13.9 Å². The summed E-state index contributed by atoms with van der Waals surface area (Å²) in [6.45, 7) is 6.49. The molecule has 2 aromatic carbocycles. The Kier molecular flexibility index (Phi) is 8.67. The van der Waals surface area contributed by atoms with Crippen molar-refractivity contribution in [2.75, 3.05) is 27.2 Å². The Bertz CT molecular complexity index is 1890. The number of benzene rings is 2. The minimum absolute atomic E-state index is 0.00866. The van der Waals surface area contributed by atoms with Crippen LogP contribution in [-0.2, 0) is 47.1 Å². The Morgan fingerprint density at radius 1 is 0.765 bits per heavy atom. The van der Waals surface area contributed by atoms with Crippen LogP contribution in [-0.4, -0.2) is 90.3 Å². The van der Waals surface area contributed by atoms with Gasteiger partial charge in [0.15, 0.2) is 23.0 Å². The third kappa shape index (κ3) is 5.00. The molecule has 4 bridgehead atoms. The second-order valence-electron chi connectivity index (χ2n) is 15.5. The van der Waals surface area contributed by atoms with Crippen LogP contribution in [0.2, 0.25) is 0 Å². The fourth-order valence-electron chi connectivity index (χ4n) is 10.9. The van der Waals surface area contributed by atoms with Gasteiger partial charge in [0.05, 0.1) is 10.6 Å². The minimum Gasteiger partial charge on any atom is -0.485 e. The van der Waals surface area contributed by atoms with Crippen molar-refractivity contribution in [2.45, 2.75) is 93.8 Å². The van der Waals surface area contributed by atoms with Crippen molar-refractivity contribution in [3.8, 4) is 11.5 Å². The highest BCUT2D eigenvalue weighted by Crippen LogP contribution is 2.62. The van der Waals surface area contributed by atoms with Gasteiger partial charge >= 0.3 is 5.97 Å². The van der Waals surface area contributed by atoms with Gasteiger partial charge in [0.25, 0.3) is 0 Å². The molecule has 4 aliphatic carbocycles. The molecule has 268 valence electrons. The number of ether oxygens (including phenoxy) is 3. The van der Waals surface area contributed by atoms with Crippen LogP contribution in [0, 0.1) is 11.8 Å². The van der Waals surface area contributed by atoms with Crippen LogP contribution in [0.25, 0.3) is 0 Å². The summed E-state index contributed by atoms with van der Waals surface area (Å²) in [4.78, 5) is 25.9. The minimum atomic E-state index is -0.588. The summed E-state index contributed by atoms with van der Waals surface area (Å²) in [6, 6.07) is 8.91. The molecule has 10 nitrogen and oxygen atoms in total. The fourth-order valence-corrected chi connectivity index (χ4v) is 11.7. The first kappa shape index (κ1) is 34.8. The standard InChI is InChI=1S/C19H20NO4P.C17H18NO3P.C3H6O/c1-10(21)23-14-5-4-12-13-9-11-3-6-15(25-22)17-16(11)19(12,18(14)24-17)7-8-20(13)2;1-18-7-6-17-10-3-4-12(19)16(17)21-15-13(22-20)5-2-9(14(15)17)8-11(10)18;1-3(2)4/h3-6,12-14,18H,7-9H2,1-2H3;2-5,10-12,16,19H,6-8H2,1H3;1-2H3/t12-,13+,14-,18?,19-;10-,11+,12-,16?,17-;/m00./s1. The maximum absolute atomic E-state index is 11.7. The molecule has 12 heteroatoms. The number of nitrogens with zero attached hydrogens (tertiary/aromatic N) is 2. The molecule has 2 unspecified atom stereocenters. The molecule has 8 aliphatic rings. The van der Waals surface area contributed by atoms with E-state index < -0.39 is 12.2 Å². The summed E-state index contributed by atoms with van der Waals surface area (Å²) in [5.74, 6) is 2.09. The van der Waals surface area contributed by atoms with E-state index in [0.29, 0.717) is 34.5 Å². The highest BCUT2D eigenvalue weighted by Gasteiger charge is 2.66. The van der Waals surface area contributed by atoms with E-state index in [1.807, 2.05) is 24.3 Å². The molecule has 0 aromatic heterocycles. The Balaban J connectivity index is 0.000000134. The van der Waals surface area contributed by atoms with Gasteiger partial charge in [-0.2, -0.15) is 0 Å². The Hall–Kier alpha value is -3.26. The summed E-state index contributed by atoms with van der Waals surface area (Å²) < 4.78 is 41.4. The van der Waals surface area contributed by atoms with Crippen LogP contribution in [0.1, 0.15) is 55.9 Å². The number of piperidine rings is 2. The van der Waals surface area contributed by atoms with Crippen molar-refractivity contribution in [1.29, 1.82) is 0 Å². The summed E-state index contributed by atoms with van der Waals surface area (Å²) >= 11 is 0. The van der Waals surface area contributed by atoms with Crippen LogP contribution < -0.4 is 20.1 Å². The molecule has 0 amide bonds. The summed E-state index contributed by atoms with van der Waals surface area (Å²) in [5.41, 5.74) is 4.71. The second-order valence-corrected chi connectivity index (χ2v) is 16.9. The molecule has 1 N–H and O–H groups in total. The van der Waals surface area contributed by atoms with Crippen LogP contribution in [0.5, 0.6) is 11.5 Å². The molecular formula is C39H44N2O8P2. The van der Waals surface area contributed by atoms with Gasteiger partial charge in [-0.05, 0) is 96.1 Å². The fraction of sp³-hybridized carbons (Fsp3) is 0.538. The van der Waals surface area contributed by atoms with Crippen molar-refractivity contribution in [3.63, 3.8) is 0 Å². The van der Waals surface area contributed by atoms with Gasteiger partial charge in [-0.25, -0.2) is 0 Å². The molecule has 10 atom stereocenters. The topological polar surface area (TPSA) is 123 Å². The van der Waals surface area contributed by atoms with Crippen molar-refractivity contribution in [3.05, 3.63) is 70.8 Å². The number of aliphatic hydroxyl groups is 1. The highest BCUT2D eigenvalue weighted by molar-refractivity contribution is 7.34. The number of esters is 1. The van der Waals surface area contributed by atoms with Gasteiger partial charge in [-0.1, -0.05) is 30.4 Å². The Morgan fingerprint density at radius 3 is 1.73 bits per heavy atom. The predicted molar refractivity (Wildman–Crippen MR) is 192 cm³/mol. The van der Waals surface area contributed by atoms with Gasteiger partial charge < -0.3 is 33.9 Å². The molecule has 2 spiro atoms. The van der Waals surface area contributed by atoms with E-state index in [-0.39, 0.29) is 51.7 Å².